The molecule has 0 amide bonds. The van der Waals surface area contributed by atoms with Crippen molar-refractivity contribution in [2.24, 2.45) is 0 Å². The van der Waals surface area contributed by atoms with Crippen LogP contribution in [0.1, 0.15) is 24.1 Å². The maximum absolute atomic E-state index is 14.1. The molecule has 19 heavy (non-hydrogen) atoms. The molecule has 2 aromatic rings. The van der Waals surface area contributed by atoms with E-state index in [2.05, 4.69) is 21.2 Å². The third kappa shape index (κ3) is 3.31. The van der Waals surface area contributed by atoms with Gasteiger partial charge in [-0.3, -0.25) is 0 Å². The van der Waals surface area contributed by atoms with Gasteiger partial charge in [-0.15, -0.1) is 11.3 Å². The van der Waals surface area contributed by atoms with Crippen LogP contribution in [0.25, 0.3) is 0 Å². The Morgan fingerprint density at radius 1 is 1.42 bits per heavy atom. The average molecular weight is 383 g/mol. The second-order valence-corrected chi connectivity index (χ2v) is 7.05. The number of thiophene rings is 1. The smallest absolute Gasteiger partial charge is 0.129 e. The SMILES string of the molecule is CCNC(c1cc(Cl)sc1Cl)c1c(F)cccc1Br. The van der Waals surface area contributed by atoms with Gasteiger partial charge in [-0.05, 0) is 24.7 Å². The topological polar surface area (TPSA) is 12.0 Å². The van der Waals surface area contributed by atoms with Gasteiger partial charge in [-0.25, -0.2) is 4.39 Å². The molecule has 0 fully saturated rings. The van der Waals surface area contributed by atoms with E-state index in [9.17, 15) is 4.39 Å². The summed E-state index contributed by atoms with van der Waals surface area (Å²) in [6, 6.07) is 6.36. The van der Waals surface area contributed by atoms with Gasteiger partial charge in [-0.2, -0.15) is 0 Å². The molecular weight excluding hydrogens is 372 g/mol. The van der Waals surface area contributed by atoms with Crippen molar-refractivity contribution in [2.45, 2.75) is 13.0 Å². The van der Waals surface area contributed by atoms with Crippen LogP contribution in [0.2, 0.25) is 8.67 Å². The molecule has 1 aromatic carbocycles. The highest BCUT2D eigenvalue weighted by Gasteiger charge is 2.23. The standard InChI is InChI=1S/C13H11BrCl2FNS/c1-2-18-12(7-6-10(15)19-13(7)16)11-8(14)4-3-5-9(11)17/h3-6,12,18H,2H2,1H3. The van der Waals surface area contributed by atoms with E-state index in [0.717, 1.165) is 5.56 Å². The first-order chi connectivity index (χ1) is 9.04. The minimum Gasteiger partial charge on any atom is -0.306 e. The van der Waals surface area contributed by atoms with Crippen molar-refractivity contribution >= 4 is 50.5 Å². The van der Waals surface area contributed by atoms with Crippen molar-refractivity contribution in [3.8, 4) is 0 Å². The van der Waals surface area contributed by atoms with E-state index >= 15 is 0 Å². The van der Waals surface area contributed by atoms with Crippen LogP contribution in [-0.2, 0) is 0 Å². The summed E-state index contributed by atoms with van der Waals surface area (Å²) in [6.07, 6.45) is 0. The predicted molar refractivity (Wildman–Crippen MR) is 84.0 cm³/mol. The maximum Gasteiger partial charge on any atom is 0.129 e. The van der Waals surface area contributed by atoms with E-state index in [4.69, 9.17) is 23.2 Å². The summed E-state index contributed by atoms with van der Waals surface area (Å²) in [6.45, 7) is 2.65. The van der Waals surface area contributed by atoms with Crippen LogP contribution < -0.4 is 5.32 Å². The lowest BCUT2D eigenvalue weighted by Gasteiger charge is -2.20. The Bertz CT molecular complexity index is 568. The number of hydrogen-bond acceptors (Lipinski definition) is 2. The molecule has 0 spiro atoms. The zero-order valence-corrected chi connectivity index (χ0v) is 13.9. The molecule has 0 saturated carbocycles. The van der Waals surface area contributed by atoms with Gasteiger partial charge in [0.15, 0.2) is 0 Å². The van der Waals surface area contributed by atoms with E-state index in [1.165, 1.54) is 17.4 Å². The maximum atomic E-state index is 14.1. The number of nitrogens with one attached hydrogen (secondary N) is 1. The van der Waals surface area contributed by atoms with Crippen molar-refractivity contribution in [3.63, 3.8) is 0 Å². The minimum absolute atomic E-state index is 0.279. The fraction of sp³-hybridized carbons (Fsp3) is 0.231. The molecule has 0 saturated heterocycles. The summed E-state index contributed by atoms with van der Waals surface area (Å²) in [7, 11) is 0. The predicted octanol–water partition coefficient (Wildman–Crippen LogP) is 5.66. The molecule has 0 aliphatic rings. The lowest BCUT2D eigenvalue weighted by atomic mass is 10.0. The third-order valence-corrected chi connectivity index (χ3v) is 4.90. The molecule has 1 nitrogen and oxygen atoms in total. The van der Waals surface area contributed by atoms with Crippen LogP contribution in [0, 0.1) is 5.82 Å². The van der Waals surface area contributed by atoms with E-state index in [-0.39, 0.29) is 11.9 Å². The van der Waals surface area contributed by atoms with E-state index in [1.807, 2.05) is 13.0 Å². The first-order valence-electron chi connectivity index (χ1n) is 5.66. The highest BCUT2D eigenvalue weighted by atomic mass is 79.9. The number of rotatable bonds is 4. The zero-order valence-electron chi connectivity index (χ0n) is 10.0. The molecule has 0 aliphatic carbocycles. The molecule has 2 rings (SSSR count). The lowest BCUT2D eigenvalue weighted by molar-refractivity contribution is 0.557. The van der Waals surface area contributed by atoms with Crippen LogP contribution >= 0.6 is 50.5 Å². The molecule has 1 atom stereocenters. The van der Waals surface area contributed by atoms with Crippen LogP contribution in [0.5, 0.6) is 0 Å². The number of benzene rings is 1. The van der Waals surface area contributed by atoms with Gasteiger partial charge in [0, 0.05) is 15.6 Å². The van der Waals surface area contributed by atoms with Gasteiger partial charge >= 0.3 is 0 Å². The van der Waals surface area contributed by atoms with Gasteiger partial charge in [0.05, 0.1) is 14.7 Å². The molecular formula is C13H11BrCl2FNS. The van der Waals surface area contributed by atoms with Crippen molar-refractivity contribution in [3.05, 3.63) is 54.4 Å². The Morgan fingerprint density at radius 2 is 2.16 bits per heavy atom. The first-order valence-corrected chi connectivity index (χ1v) is 8.03. The van der Waals surface area contributed by atoms with Gasteiger partial charge in [0.25, 0.3) is 0 Å². The number of hydrogen-bond donors (Lipinski definition) is 1. The molecule has 1 heterocycles. The lowest BCUT2D eigenvalue weighted by Crippen LogP contribution is -2.23. The Hall–Kier alpha value is -0.130. The third-order valence-electron chi connectivity index (χ3n) is 2.69. The Kier molecular flexibility index (Phi) is 5.26. The normalized spacial score (nSPS) is 12.7. The van der Waals surface area contributed by atoms with E-state index in [0.29, 0.717) is 25.3 Å². The van der Waals surface area contributed by atoms with Gasteiger partial charge in [0.1, 0.15) is 5.82 Å². The van der Waals surface area contributed by atoms with Gasteiger partial charge in [-0.1, -0.05) is 52.1 Å². The summed E-state index contributed by atoms with van der Waals surface area (Å²) in [4.78, 5) is 0. The monoisotopic (exact) mass is 381 g/mol. The quantitative estimate of drug-likeness (QED) is 0.719. The van der Waals surface area contributed by atoms with Crippen molar-refractivity contribution in [1.29, 1.82) is 0 Å². The molecule has 102 valence electrons. The van der Waals surface area contributed by atoms with Gasteiger partial charge in [0.2, 0.25) is 0 Å². The molecule has 0 radical (unpaired) electrons. The average Bonchev–Trinajstić information content (AvgIpc) is 2.67. The summed E-state index contributed by atoms with van der Waals surface area (Å²) in [5.74, 6) is -0.279. The van der Waals surface area contributed by atoms with Crippen molar-refractivity contribution < 1.29 is 4.39 Å². The molecule has 0 aliphatic heterocycles. The van der Waals surface area contributed by atoms with Crippen LogP contribution in [0.3, 0.4) is 0 Å². The highest BCUT2D eigenvalue weighted by molar-refractivity contribution is 9.10. The number of halogens is 4. The molecule has 1 N–H and O–H groups in total. The Labute approximate surface area is 133 Å². The second kappa shape index (κ2) is 6.55. The Morgan fingerprint density at radius 3 is 2.68 bits per heavy atom. The first kappa shape index (κ1) is 15.3. The van der Waals surface area contributed by atoms with Gasteiger partial charge < -0.3 is 5.32 Å². The van der Waals surface area contributed by atoms with E-state index < -0.39 is 0 Å². The fourth-order valence-electron chi connectivity index (χ4n) is 1.91. The van der Waals surface area contributed by atoms with Crippen molar-refractivity contribution in [1.82, 2.24) is 5.32 Å². The van der Waals surface area contributed by atoms with E-state index in [1.54, 1.807) is 12.1 Å². The van der Waals surface area contributed by atoms with Crippen LogP contribution in [0.15, 0.2) is 28.7 Å². The zero-order chi connectivity index (χ0) is 14.0. The Balaban J connectivity index is 2.54. The molecule has 0 bridgehead atoms. The molecule has 1 unspecified atom stereocenters. The van der Waals surface area contributed by atoms with Crippen LogP contribution in [-0.4, -0.2) is 6.54 Å². The minimum atomic E-state index is -0.322. The second-order valence-electron chi connectivity index (χ2n) is 3.91. The highest BCUT2D eigenvalue weighted by Crippen LogP contribution is 2.39. The summed E-state index contributed by atoms with van der Waals surface area (Å²) in [5, 5.41) is 3.24. The van der Waals surface area contributed by atoms with Crippen molar-refractivity contribution in [2.75, 3.05) is 6.54 Å². The van der Waals surface area contributed by atoms with Crippen LogP contribution in [0.4, 0.5) is 4.39 Å². The summed E-state index contributed by atoms with van der Waals surface area (Å²) in [5.41, 5.74) is 1.34. The summed E-state index contributed by atoms with van der Waals surface area (Å²) < 4.78 is 16.0. The molecule has 1 aromatic heterocycles. The molecule has 6 heteroatoms. The fourth-order valence-corrected chi connectivity index (χ4v) is 4.01. The largest absolute Gasteiger partial charge is 0.306 e. The summed E-state index contributed by atoms with van der Waals surface area (Å²) >= 11 is 16.8.